The zero-order chi connectivity index (χ0) is 27.6. The SMILES string of the molecule is COc1ccc(CNC(=O)c2ccc3c(c2)N(Cc2ccc(C(F)(F)F)cc2)C(=O)c2ccccc2S3)cc1. The number of benzene rings is 4. The smallest absolute Gasteiger partial charge is 0.416 e. The van der Waals surface area contributed by atoms with E-state index in [1.807, 2.05) is 36.4 Å². The first-order valence-electron chi connectivity index (χ1n) is 12.0. The Balaban J connectivity index is 1.45. The summed E-state index contributed by atoms with van der Waals surface area (Å²) >= 11 is 1.41. The third-order valence-electron chi connectivity index (χ3n) is 6.33. The van der Waals surface area contributed by atoms with Gasteiger partial charge in [0.05, 0.1) is 30.5 Å². The molecule has 198 valence electrons. The Bertz CT molecular complexity index is 1520. The van der Waals surface area contributed by atoms with Gasteiger partial charge in [0.2, 0.25) is 0 Å². The van der Waals surface area contributed by atoms with E-state index in [1.54, 1.807) is 37.4 Å². The number of alkyl halides is 3. The topological polar surface area (TPSA) is 58.6 Å². The van der Waals surface area contributed by atoms with Crippen molar-refractivity contribution in [3.63, 3.8) is 0 Å². The summed E-state index contributed by atoms with van der Waals surface area (Å²) in [5.41, 5.74) is 2.02. The zero-order valence-electron chi connectivity index (χ0n) is 20.8. The van der Waals surface area contributed by atoms with Gasteiger partial charge in [0.1, 0.15) is 5.75 Å². The Kier molecular flexibility index (Phi) is 7.34. The molecular weight excluding hydrogens is 525 g/mol. The van der Waals surface area contributed by atoms with Crippen molar-refractivity contribution in [2.45, 2.75) is 29.1 Å². The minimum atomic E-state index is -4.45. The van der Waals surface area contributed by atoms with Crippen LogP contribution in [0.25, 0.3) is 0 Å². The minimum Gasteiger partial charge on any atom is -0.497 e. The fourth-order valence-corrected chi connectivity index (χ4v) is 5.29. The van der Waals surface area contributed by atoms with E-state index in [0.717, 1.165) is 27.5 Å². The molecule has 0 radical (unpaired) electrons. The van der Waals surface area contributed by atoms with Crippen LogP contribution in [-0.4, -0.2) is 18.9 Å². The van der Waals surface area contributed by atoms with Gasteiger partial charge >= 0.3 is 6.18 Å². The van der Waals surface area contributed by atoms with Gasteiger partial charge in [-0.2, -0.15) is 13.2 Å². The van der Waals surface area contributed by atoms with Gasteiger partial charge in [-0.1, -0.05) is 48.2 Å². The molecule has 1 N–H and O–H groups in total. The van der Waals surface area contributed by atoms with Crippen molar-refractivity contribution in [2.75, 3.05) is 12.0 Å². The van der Waals surface area contributed by atoms with Crippen LogP contribution in [0, 0.1) is 0 Å². The van der Waals surface area contributed by atoms with Gasteiger partial charge < -0.3 is 15.0 Å². The van der Waals surface area contributed by atoms with E-state index in [9.17, 15) is 22.8 Å². The second-order valence-corrected chi connectivity index (χ2v) is 9.98. The van der Waals surface area contributed by atoms with Crippen LogP contribution in [0.2, 0.25) is 0 Å². The average molecular weight is 549 g/mol. The Hall–Kier alpha value is -4.24. The van der Waals surface area contributed by atoms with Crippen LogP contribution < -0.4 is 15.0 Å². The van der Waals surface area contributed by atoms with Crippen molar-refractivity contribution in [1.29, 1.82) is 0 Å². The summed E-state index contributed by atoms with van der Waals surface area (Å²) in [5.74, 6) is 0.0991. The number of methoxy groups -OCH3 is 1. The van der Waals surface area contributed by atoms with Gasteiger partial charge in [0, 0.05) is 21.9 Å². The van der Waals surface area contributed by atoms with Crippen LogP contribution in [-0.2, 0) is 19.3 Å². The Labute approximate surface area is 227 Å². The van der Waals surface area contributed by atoms with Gasteiger partial charge in [0.25, 0.3) is 11.8 Å². The molecule has 4 aromatic carbocycles. The highest BCUT2D eigenvalue weighted by Crippen LogP contribution is 2.42. The fraction of sp³-hybridized carbons (Fsp3) is 0.133. The summed E-state index contributed by atoms with van der Waals surface area (Å²) in [5, 5.41) is 2.89. The van der Waals surface area contributed by atoms with E-state index in [1.165, 1.54) is 28.8 Å². The van der Waals surface area contributed by atoms with Crippen molar-refractivity contribution >= 4 is 29.3 Å². The molecule has 2 amide bonds. The molecule has 0 aliphatic carbocycles. The number of nitrogens with one attached hydrogen (secondary N) is 1. The van der Waals surface area contributed by atoms with Crippen molar-refractivity contribution in [3.05, 3.63) is 119 Å². The lowest BCUT2D eigenvalue weighted by atomic mass is 10.1. The van der Waals surface area contributed by atoms with Crippen LogP contribution >= 0.6 is 11.8 Å². The van der Waals surface area contributed by atoms with E-state index in [-0.39, 0.29) is 18.4 Å². The molecule has 0 bridgehead atoms. The Morgan fingerprint density at radius 3 is 2.28 bits per heavy atom. The third-order valence-corrected chi connectivity index (χ3v) is 7.47. The third kappa shape index (κ3) is 5.78. The molecule has 0 fully saturated rings. The largest absolute Gasteiger partial charge is 0.497 e. The quantitative estimate of drug-likeness (QED) is 0.283. The second-order valence-electron chi connectivity index (χ2n) is 8.90. The van der Waals surface area contributed by atoms with Crippen molar-refractivity contribution < 1.29 is 27.5 Å². The number of ether oxygens (including phenoxy) is 1. The molecule has 4 aromatic rings. The van der Waals surface area contributed by atoms with Gasteiger partial charge in [-0.05, 0) is 65.7 Å². The summed E-state index contributed by atoms with van der Waals surface area (Å²) in [7, 11) is 1.58. The lowest BCUT2D eigenvalue weighted by Crippen LogP contribution is -2.31. The molecule has 0 unspecified atom stereocenters. The summed E-state index contributed by atoms with van der Waals surface area (Å²) in [4.78, 5) is 29.8. The number of halogens is 3. The summed E-state index contributed by atoms with van der Waals surface area (Å²) in [6.45, 7) is 0.337. The van der Waals surface area contributed by atoms with E-state index in [2.05, 4.69) is 5.32 Å². The van der Waals surface area contributed by atoms with Crippen LogP contribution in [0.15, 0.2) is 101 Å². The monoisotopic (exact) mass is 548 g/mol. The molecule has 1 heterocycles. The fourth-order valence-electron chi connectivity index (χ4n) is 4.23. The molecule has 0 spiro atoms. The molecular formula is C30H23F3N2O3S. The number of hydrogen-bond acceptors (Lipinski definition) is 4. The molecule has 5 rings (SSSR count). The van der Waals surface area contributed by atoms with Crippen LogP contribution in [0.5, 0.6) is 5.75 Å². The van der Waals surface area contributed by atoms with Crippen LogP contribution in [0.1, 0.15) is 37.4 Å². The van der Waals surface area contributed by atoms with E-state index in [0.29, 0.717) is 34.7 Å². The molecule has 9 heteroatoms. The van der Waals surface area contributed by atoms with Crippen LogP contribution in [0.3, 0.4) is 0 Å². The van der Waals surface area contributed by atoms with Crippen molar-refractivity contribution in [3.8, 4) is 5.75 Å². The number of hydrogen-bond donors (Lipinski definition) is 1. The van der Waals surface area contributed by atoms with Gasteiger partial charge in [0.15, 0.2) is 0 Å². The number of amides is 2. The average Bonchev–Trinajstić information content (AvgIpc) is 3.05. The van der Waals surface area contributed by atoms with Gasteiger partial charge in [-0.15, -0.1) is 0 Å². The van der Waals surface area contributed by atoms with Crippen LogP contribution in [0.4, 0.5) is 18.9 Å². The summed E-state index contributed by atoms with van der Waals surface area (Å²) in [6, 6.07) is 24.4. The maximum Gasteiger partial charge on any atom is 0.416 e. The first-order valence-corrected chi connectivity index (χ1v) is 12.8. The Morgan fingerprint density at radius 2 is 1.59 bits per heavy atom. The highest BCUT2D eigenvalue weighted by atomic mass is 32.2. The maximum absolute atomic E-state index is 13.7. The molecule has 1 aliphatic heterocycles. The number of fused-ring (bicyclic) bond motifs is 2. The summed E-state index contributed by atoms with van der Waals surface area (Å²) < 4.78 is 44.4. The minimum absolute atomic E-state index is 0.0375. The molecule has 0 atom stereocenters. The van der Waals surface area contributed by atoms with Gasteiger partial charge in [-0.3, -0.25) is 9.59 Å². The number of carbonyl (C=O) groups excluding carboxylic acids is 2. The first kappa shape index (κ1) is 26.4. The van der Waals surface area contributed by atoms with E-state index < -0.39 is 11.7 Å². The summed E-state index contributed by atoms with van der Waals surface area (Å²) in [6.07, 6.45) is -4.45. The number of anilines is 1. The lowest BCUT2D eigenvalue weighted by molar-refractivity contribution is -0.137. The lowest BCUT2D eigenvalue weighted by Gasteiger charge is -2.24. The molecule has 5 nitrogen and oxygen atoms in total. The first-order chi connectivity index (χ1) is 18.7. The predicted octanol–water partition coefficient (Wildman–Crippen LogP) is 6.96. The highest BCUT2D eigenvalue weighted by molar-refractivity contribution is 7.99. The normalized spacial score (nSPS) is 12.8. The molecule has 0 saturated carbocycles. The maximum atomic E-state index is 13.7. The van der Waals surface area contributed by atoms with Gasteiger partial charge in [-0.25, -0.2) is 0 Å². The molecule has 0 saturated heterocycles. The zero-order valence-corrected chi connectivity index (χ0v) is 21.6. The molecule has 1 aliphatic rings. The highest BCUT2D eigenvalue weighted by Gasteiger charge is 2.31. The van der Waals surface area contributed by atoms with E-state index in [4.69, 9.17) is 4.74 Å². The number of rotatable bonds is 6. The van der Waals surface area contributed by atoms with Crippen molar-refractivity contribution in [1.82, 2.24) is 5.32 Å². The van der Waals surface area contributed by atoms with Crippen molar-refractivity contribution in [2.24, 2.45) is 0 Å². The molecule has 0 aromatic heterocycles. The predicted molar refractivity (Wildman–Crippen MR) is 143 cm³/mol. The number of nitrogens with zero attached hydrogens (tertiary/aromatic N) is 1. The molecule has 39 heavy (non-hydrogen) atoms. The second kappa shape index (κ2) is 10.9. The van der Waals surface area contributed by atoms with E-state index >= 15 is 0 Å². The standard InChI is InChI=1S/C30H23F3N2O3S/c1-38-23-13-8-19(9-14-23)17-34-28(36)21-10-15-27-25(16-21)35(29(37)24-4-2-3-5-26(24)39-27)18-20-6-11-22(12-7-20)30(31,32)33/h2-16H,17-18H2,1H3,(H,34,36). The Morgan fingerprint density at radius 1 is 0.897 bits per heavy atom. The number of carbonyl (C=O) groups is 2.